The molecule has 6 heterocycles. The van der Waals surface area contributed by atoms with E-state index in [0.29, 0.717) is 65.0 Å². The Labute approximate surface area is 219 Å². The lowest BCUT2D eigenvalue weighted by Gasteiger charge is -2.21. The van der Waals surface area contributed by atoms with Crippen molar-refractivity contribution >= 4 is 87.0 Å². The fourth-order valence-corrected chi connectivity index (χ4v) is 7.49. The van der Waals surface area contributed by atoms with Crippen LogP contribution in [-0.2, 0) is 0 Å². The number of rotatable bonds is 4. The minimum absolute atomic E-state index is 0.246. The molecule has 8 aromatic rings. The minimum Gasteiger partial charge on any atom is -0.492 e. The highest BCUT2D eigenvalue weighted by atomic mass is 32.1. The average molecular weight is 545 g/mol. The van der Waals surface area contributed by atoms with Crippen molar-refractivity contribution in [2.24, 2.45) is 0 Å². The summed E-state index contributed by atoms with van der Waals surface area (Å²) in [6.07, 6.45) is 0. The number of pyridine rings is 2. The second-order valence-electron chi connectivity index (χ2n) is 8.76. The molecule has 0 aliphatic heterocycles. The van der Waals surface area contributed by atoms with E-state index < -0.39 is 0 Å². The summed E-state index contributed by atoms with van der Waals surface area (Å²) in [5, 5.41) is 6.35. The number of fused-ring (bicyclic) bond motifs is 8. The van der Waals surface area contributed by atoms with Crippen LogP contribution < -0.4 is 30.1 Å². The molecule has 0 bridgehead atoms. The molecule has 6 aromatic heterocycles. The van der Waals surface area contributed by atoms with Crippen molar-refractivity contribution in [2.75, 3.05) is 28.4 Å². The molecule has 0 atom stereocenters. The van der Waals surface area contributed by atoms with E-state index in [1.807, 2.05) is 22.9 Å². The predicted molar refractivity (Wildman–Crippen MR) is 148 cm³/mol. The van der Waals surface area contributed by atoms with Crippen LogP contribution in [0.2, 0.25) is 0 Å². The lowest BCUT2D eigenvalue weighted by molar-refractivity contribution is 0.360. The molecule has 0 saturated carbocycles. The van der Waals surface area contributed by atoms with Gasteiger partial charge in [0.2, 0.25) is 0 Å². The fraction of sp³-hybridized carbons (Fsp3) is 0.154. The largest absolute Gasteiger partial charge is 0.492 e. The molecule has 0 unspecified atom stereocenters. The highest BCUT2D eigenvalue weighted by Crippen LogP contribution is 2.53. The van der Waals surface area contributed by atoms with Crippen LogP contribution in [0.1, 0.15) is 0 Å². The second-order valence-corrected chi connectivity index (χ2v) is 10.5. The van der Waals surface area contributed by atoms with Crippen LogP contribution in [0, 0.1) is 0 Å². The Morgan fingerprint density at radius 2 is 0.947 bits per heavy atom. The van der Waals surface area contributed by atoms with Gasteiger partial charge >= 0.3 is 0 Å². The molecule has 0 amide bonds. The Bertz CT molecular complexity index is 2230. The number of nitrogens with zero attached hydrogens (tertiary/aromatic N) is 4. The van der Waals surface area contributed by atoms with Crippen molar-refractivity contribution in [3.05, 3.63) is 43.6 Å². The molecule has 2 aromatic carbocycles. The first-order valence-electron chi connectivity index (χ1n) is 11.5. The number of methoxy groups -OCH3 is 4. The van der Waals surface area contributed by atoms with Gasteiger partial charge in [0.1, 0.15) is 20.7 Å². The van der Waals surface area contributed by atoms with E-state index in [-0.39, 0.29) is 33.4 Å². The van der Waals surface area contributed by atoms with Gasteiger partial charge in [-0.15, -0.1) is 22.7 Å². The molecule has 0 radical (unpaired) electrons. The van der Waals surface area contributed by atoms with Gasteiger partial charge in [-0.3, -0.25) is 9.59 Å². The van der Waals surface area contributed by atoms with Crippen LogP contribution in [0.15, 0.2) is 32.5 Å². The van der Waals surface area contributed by atoms with E-state index in [1.54, 1.807) is 8.80 Å². The first kappa shape index (κ1) is 21.6. The van der Waals surface area contributed by atoms with Crippen molar-refractivity contribution in [1.82, 2.24) is 18.8 Å². The maximum absolute atomic E-state index is 14.2. The van der Waals surface area contributed by atoms with Crippen LogP contribution >= 0.6 is 22.7 Å². The summed E-state index contributed by atoms with van der Waals surface area (Å²) in [6, 6.07) is 3.72. The van der Waals surface area contributed by atoms with E-state index in [9.17, 15) is 9.59 Å². The van der Waals surface area contributed by atoms with Crippen molar-refractivity contribution in [3.63, 3.8) is 0 Å². The maximum atomic E-state index is 14.2. The van der Waals surface area contributed by atoms with Gasteiger partial charge < -0.3 is 18.9 Å². The van der Waals surface area contributed by atoms with E-state index in [2.05, 4.69) is 0 Å². The van der Waals surface area contributed by atoms with E-state index in [4.69, 9.17) is 28.9 Å². The molecule has 8 rings (SSSR count). The maximum Gasteiger partial charge on any atom is 0.269 e. The summed E-state index contributed by atoms with van der Waals surface area (Å²) < 4.78 is 26.7. The predicted octanol–water partition coefficient (Wildman–Crippen LogP) is 4.50. The normalized spacial score (nSPS) is 12.4. The Kier molecular flexibility index (Phi) is 4.05. The average Bonchev–Trinajstić information content (AvgIpc) is 3.69. The third-order valence-electron chi connectivity index (χ3n) is 7.20. The third-order valence-corrected chi connectivity index (χ3v) is 8.97. The summed E-state index contributed by atoms with van der Waals surface area (Å²) in [4.78, 5) is 39.5. The van der Waals surface area contributed by atoms with E-state index >= 15 is 0 Å². The van der Waals surface area contributed by atoms with Gasteiger partial charge in [-0.2, -0.15) is 0 Å². The SMILES string of the molecule is COc1c(OC)c2c3c(c(OC)c(OC)c4c3c1c(=O)n1c4nc3ccsc31)c(=O)n1c2nc2ccsc21. The van der Waals surface area contributed by atoms with Crippen molar-refractivity contribution in [1.29, 1.82) is 0 Å². The number of ether oxygens (including phenoxy) is 4. The summed E-state index contributed by atoms with van der Waals surface area (Å²) in [5.74, 6) is 1.10. The van der Waals surface area contributed by atoms with Crippen LogP contribution in [0.5, 0.6) is 23.0 Å². The van der Waals surface area contributed by atoms with Crippen LogP contribution in [-0.4, -0.2) is 47.2 Å². The second kappa shape index (κ2) is 7.11. The number of imidazole rings is 2. The van der Waals surface area contributed by atoms with Gasteiger partial charge in [-0.1, -0.05) is 0 Å². The zero-order chi connectivity index (χ0) is 26.0. The molecule has 0 N–H and O–H groups in total. The molecular formula is C26H16N4O6S2. The first-order chi connectivity index (χ1) is 18.5. The number of benzene rings is 2. The molecule has 0 aliphatic carbocycles. The molecular weight excluding hydrogens is 528 g/mol. The minimum atomic E-state index is -0.334. The summed E-state index contributed by atoms with van der Waals surface area (Å²) in [6.45, 7) is 0. The van der Waals surface area contributed by atoms with Gasteiger partial charge in [0.05, 0.1) is 50.0 Å². The molecule has 38 heavy (non-hydrogen) atoms. The molecule has 0 aliphatic rings. The lowest BCUT2D eigenvalue weighted by atomic mass is 9.93. The topological polar surface area (TPSA) is 106 Å². The van der Waals surface area contributed by atoms with Gasteiger partial charge in [0.15, 0.2) is 34.3 Å². The Balaban J connectivity index is 1.87. The number of thiophene rings is 2. The Morgan fingerprint density at radius 3 is 1.32 bits per heavy atom. The third kappa shape index (κ3) is 2.21. The van der Waals surface area contributed by atoms with Crippen LogP contribution in [0.4, 0.5) is 0 Å². The van der Waals surface area contributed by atoms with E-state index in [0.717, 1.165) is 0 Å². The molecule has 0 spiro atoms. The highest BCUT2D eigenvalue weighted by Gasteiger charge is 2.34. The molecule has 0 saturated heterocycles. The molecule has 188 valence electrons. The standard InChI is InChI=1S/C26H16N4O6S2/c1-33-17-13-11-12-14(22-28-10-6-8-38-26(10)30(22)23(31)15(12)19(17)35-3)18(34-2)20(36-4)16(11)24(32)29-21(13)27-9-5-7-37-25(9)29/h5-8H,1-4H3. The zero-order valence-corrected chi connectivity index (χ0v) is 22.0. The summed E-state index contributed by atoms with van der Waals surface area (Å²) in [7, 11) is 6.00. The van der Waals surface area contributed by atoms with Crippen LogP contribution in [0.3, 0.4) is 0 Å². The quantitative estimate of drug-likeness (QED) is 0.298. The van der Waals surface area contributed by atoms with Crippen molar-refractivity contribution in [2.45, 2.75) is 0 Å². The number of hydrogen-bond acceptors (Lipinski definition) is 10. The van der Waals surface area contributed by atoms with Gasteiger partial charge in [0, 0.05) is 10.8 Å². The van der Waals surface area contributed by atoms with Crippen LogP contribution in [0.25, 0.3) is 64.3 Å². The highest BCUT2D eigenvalue weighted by molar-refractivity contribution is 7.17. The van der Waals surface area contributed by atoms with Gasteiger partial charge in [-0.05, 0) is 22.9 Å². The molecule has 10 nitrogen and oxygen atoms in total. The monoisotopic (exact) mass is 544 g/mol. The smallest absolute Gasteiger partial charge is 0.269 e. The van der Waals surface area contributed by atoms with Gasteiger partial charge in [0.25, 0.3) is 11.1 Å². The van der Waals surface area contributed by atoms with Gasteiger partial charge in [-0.25, -0.2) is 18.8 Å². The Morgan fingerprint density at radius 1 is 0.579 bits per heavy atom. The number of aromatic nitrogens is 4. The zero-order valence-electron chi connectivity index (χ0n) is 20.4. The first-order valence-corrected chi connectivity index (χ1v) is 13.2. The van der Waals surface area contributed by atoms with E-state index in [1.165, 1.54) is 51.1 Å². The summed E-state index contributed by atoms with van der Waals surface area (Å²) in [5.41, 5.74) is 1.50. The molecule has 12 heteroatoms. The lowest BCUT2D eigenvalue weighted by Crippen LogP contribution is -2.19. The van der Waals surface area contributed by atoms with Crippen molar-refractivity contribution < 1.29 is 18.9 Å². The van der Waals surface area contributed by atoms with Crippen molar-refractivity contribution in [3.8, 4) is 23.0 Å². The fourth-order valence-electron chi connectivity index (χ4n) is 5.82. The molecule has 0 fully saturated rings. The number of hydrogen-bond donors (Lipinski definition) is 0. The summed E-state index contributed by atoms with van der Waals surface area (Å²) >= 11 is 2.82. The Hall–Kier alpha value is -4.42.